The molecule has 0 atom stereocenters. The van der Waals surface area contributed by atoms with E-state index in [1.165, 1.54) is 0 Å². The lowest BCUT2D eigenvalue weighted by molar-refractivity contribution is -0.624. The number of hydrogen-bond acceptors (Lipinski definition) is 4. The van der Waals surface area contributed by atoms with Crippen molar-refractivity contribution in [3.8, 4) is 0 Å². The van der Waals surface area contributed by atoms with Crippen molar-refractivity contribution >= 4 is 12.2 Å². The van der Waals surface area contributed by atoms with Crippen molar-refractivity contribution in [3.63, 3.8) is 0 Å². The molecular formula is C3H3N3O2S. The summed E-state index contributed by atoms with van der Waals surface area (Å²) < 4.78 is 0.530. The predicted molar refractivity (Wildman–Crippen MR) is 29.2 cm³/mol. The zero-order chi connectivity index (χ0) is 6.85. The molecular weight excluding hydrogens is 142 g/mol. The SMILES string of the molecule is [O-][n+]1cncn(O)c1=S. The van der Waals surface area contributed by atoms with Gasteiger partial charge in [-0.1, -0.05) is 4.98 Å². The van der Waals surface area contributed by atoms with Crippen LogP contribution in [0, 0.1) is 9.98 Å². The van der Waals surface area contributed by atoms with Gasteiger partial charge in [0, 0.05) is 0 Å². The Hall–Kier alpha value is -1.17. The maximum Gasteiger partial charge on any atom is 0.336 e. The van der Waals surface area contributed by atoms with Gasteiger partial charge in [0.2, 0.25) is 6.33 Å². The van der Waals surface area contributed by atoms with Gasteiger partial charge >= 0.3 is 4.77 Å². The fourth-order valence-corrected chi connectivity index (χ4v) is 0.448. The van der Waals surface area contributed by atoms with E-state index in [9.17, 15) is 5.21 Å². The molecule has 1 heterocycles. The molecule has 9 heavy (non-hydrogen) atoms. The lowest BCUT2D eigenvalue weighted by Gasteiger charge is -1.98. The van der Waals surface area contributed by atoms with Crippen LogP contribution in [0.3, 0.4) is 0 Å². The number of rotatable bonds is 0. The largest absolute Gasteiger partial charge is 0.740 e. The summed E-state index contributed by atoms with van der Waals surface area (Å²) >= 11 is 4.42. The summed E-state index contributed by atoms with van der Waals surface area (Å²) in [5.74, 6) is 0. The fourth-order valence-electron chi connectivity index (χ4n) is 0.353. The molecule has 0 aliphatic heterocycles. The Kier molecular flexibility index (Phi) is 1.31. The predicted octanol–water partition coefficient (Wildman–Crippen LogP) is -0.517. The second-order valence-corrected chi connectivity index (χ2v) is 1.70. The topological polar surface area (TPSA) is 65.0 Å². The second-order valence-electron chi connectivity index (χ2n) is 1.33. The summed E-state index contributed by atoms with van der Waals surface area (Å²) in [6, 6.07) is 0. The fraction of sp³-hybridized carbons (Fsp3) is 0. The summed E-state index contributed by atoms with van der Waals surface area (Å²) in [5.41, 5.74) is 0. The highest BCUT2D eigenvalue weighted by Crippen LogP contribution is 1.74. The normalized spacial score (nSPS) is 9.33. The van der Waals surface area contributed by atoms with Gasteiger partial charge in [0.05, 0.1) is 0 Å². The summed E-state index contributed by atoms with van der Waals surface area (Å²) in [4.78, 5) is 3.34. The van der Waals surface area contributed by atoms with Gasteiger partial charge < -0.3 is 10.4 Å². The summed E-state index contributed by atoms with van der Waals surface area (Å²) in [6.07, 6.45) is 2.01. The molecule has 6 heteroatoms. The molecule has 0 spiro atoms. The van der Waals surface area contributed by atoms with Gasteiger partial charge in [-0.15, -0.1) is 0 Å². The first-order valence-electron chi connectivity index (χ1n) is 2.07. The van der Waals surface area contributed by atoms with E-state index in [4.69, 9.17) is 5.21 Å². The van der Waals surface area contributed by atoms with E-state index in [1.54, 1.807) is 0 Å². The van der Waals surface area contributed by atoms with Gasteiger partial charge in [-0.05, 0) is 16.9 Å². The number of nitrogens with zero attached hydrogens (tertiary/aromatic N) is 3. The standard InChI is InChI=1S/C3H3N3O2S/c7-5-1-4-2-6(8)3(5)9/h1-2,7H. The van der Waals surface area contributed by atoms with E-state index in [-0.39, 0.29) is 9.50 Å². The molecule has 0 aliphatic carbocycles. The molecule has 0 aromatic carbocycles. The molecule has 0 saturated heterocycles. The summed E-state index contributed by atoms with van der Waals surface area (Å²) in [6.45, 7) is 0. The molecule has 0 unspecified atom stereocenters. The van der Waals surface area contributed by atoms with Crippen LogP contribution in [-0.2, 0) is 0 Å². The van der Waals surface area contributed by atoms with Crippen molar-refractivity contribution in [3.05, 3.63) is 22.6 Å². The van der Waals surface area contributed by atoms with Crippen LogP contribution in [0.4, 0.5) is 0 Å². The van der Waals surface area contributed by atoms with E-state index < -0.39 is 0 Å². The third kappa shape index (κ3) is 0.968. The van der Waals surface area contributed by atoms with Crippen LogP contribution < -0.4 is 4.73 Å². The van der Waals surface area contributed by atoms with Crippen molar-refractivity contribution in [1.82, 2.24) is 9.71 Å². The van der Waals surface area contributed by atoms with Gasteiger partial charge in [-0.2, -0.15) is 0 Å². The highest BCUT2D eigenvalue weighted by atomic mass is 32.1. The molecule has 0 fully saturated rings. The Labute approximate surface area is 55.4 Å². The van der Waals surface area contributed by atoms with Crippen LogP contribution in [0.1, 0.15) is 0 Å². The number of hydrogen-bond donors (Lipinski definition) is 1. The van der Waals surface area contributed by atoms with Crippen LogP contribution in [0.2, 0.25) is 0 Å². The van der Waals surface area contributed by atoms with E-state index in [2.05, 4.69) is 17.2 Å². The van der Waals surface area contributed by atoms with Gasteiger partial charge in [0.25, 0.3) is 6.33 Å². The van der Waals surface area contributed by atoms with Gasteiger partial charge in [0.15, 0.2) is 0 Å². The number of aromatic nitrogens is 3. The van der Waals surface area contributed by atoms with Crippen LogP contribution in [0.25, 0.3) is 0 Å². The highest BCUT2D eigenvalue weighted by Gasteiger charge is 1.93. The molecule has 1 rings (SSSR count). The average molecular weight is 145 g/mol. The second kappa shape index (κ2) is 1.98. The Morgan fingerprint density at radius 1 is 1.89 bits per heavy atom. The molecule has 0 saturated carbocycles. The summed E-state index contributed by atoms with van der Waals surface area (Å²) in [7, 11) is 0. The maximum atomic E-state index is 10.4. The molecule has 1 N–H and O–H groups in total. The van der Waals surface area contributed by atoms with E-state index in [1.807, 2.05) is 0 Å². The minimum absolute atomic E-state index is 0.231. The van der Waals surface area contributed by atoms with Gasteiger partial charge in [0.1, 0.15) is 0 Å². The van der Waals surface area contributed by atoms with Crippen LogP contribution >= 0.6 is 12.2 Å². The average Bonchev–Trinajstić information content (AvgIpc) is 1.83. The van der Waals surface area contributed by atoms with E-state index in [0.29, 0.717) is 4.73 Å². The Morgan fingerprint density at radius 2 is 2.56 bits per heavy atom. The highest BCUT2D eigenvalue weighted by molar-refractivity contribution is 7.71. The maximum absolute atomic E-state index is 10.4. The monoisotopic (exact) mass is 145 g/mol. The zero-order valence-corrected chi connectivity index (χ0v) is 5.08. The van der Waals surface area contributed by atoms with Gasteiger partial charge in [-0.3, -0.25) is 0 Å². The third-order valence-electron chi connectivity index (χ3n) is 0.732. The smallest absolute Gasteiger partial charge is 0.336 e. The Balaban J connectivity index is 3.43. The molecule has 5 nitrogen and oxygen atoms in total. The zero-order valence-electron chi connectivity index (χ0n) is 4.26. The Morgan fingerprint density at radius 3 is 3.00 bits per heavy atom. The molecule has 0 radical (unpaired) electrons. The first-order valence-corrected chi connectivity index (χ1v) is 2.47. The third-order valence-corrected chi connectivity index (χ3v) is 1.10. The lowest BCUT2D eigenvalue weighted by atomic mass is 11.1. The molecule has 1 aromatic rings. The van der Waals surface area contributed by atoms with Crippen LogP contribution in [-0.4, -0.2) is 14.9 Å². The van der Waals surface area contributed by atoms with Crippen LogP contribution in [0.15, 0.2) is 12.7 Å². The Bertz CT molecular complexity index is 247. The van der Waals surface area contributed by atoms with E-state index in [0.717, 1.165) is 12.7 Å². The van der Waals surface area contributed by atoms with Crippen LogP contribution in [0.5, 0.6) is 0 Å². The first-order chi connectivity index (χ1) is 4.22. The van der Waals surface area contributed by atoms with Crippen molar-refractivity contribution in [2.75, 3.05) is 0 Å². The van der Waals surface area contributed by atoms with E-state index >= 15 is 0 Å². The molecule has 0 aliphatic rings. The minimum Gasteiger partial charge on any atom is -0.740 e. The first kappa shape index (κ1) is 5.96. The molecule has 0 amide bonds. The van der Waals surface area contributed by atoms with Crippen molar-refractivity contribution in [1.29, 1.82) is 0 Å². The molecule has 0 bridgehead atoms. The minimum atomic E-state index is -0.231. The molecule has 48 valence electrons. The lowest BCUT2D eigenvalue weighted by Crippen LogP contribution is -2.31. The van der Waals surface area contributed by atoms with Crippen molar-refractivity contribution in [2.45, 2.75) is 0 Å². The van der Waals surface area contributed by atoms with Crippen molar-refractivity contribution < 1.29 is 9.94 Å². The molecule has 1 aromatic heterocycles. The summed E-state index contributed by atoms with van der Waals surface area (Å²) in [5, 5.41) is 19.0. The van der Waals surface area contributed by atoms with Crippen molar-refractivity contribution in [2.24, 2.45) is 0 Å². The van der Waals surface area contributed by atoms with Gasteiger partial charge in [-0.25, -0.2) is 4.73 Å². The quantitative estimate of drug-likeness (QED) is 0.231.